The van der Waals surface area contributed by atoms with Gasteiger partial charge in [0.2, 0.25) is 11.8 Å². The summed E-state index contributed by atoms with van der Waals surface area (Å²) in [5.41, 5.74) is 6.01. The van der Waals surface area contributed by atoms with Crippen LogP contribution in [0.5, 0.6) is 11.8 Å². The van der Waals surface area contributed by atoms with E-state index in [9.17, 15) is 0 Å². The van der Waals surface area contributed by atoms with Crippen molar-refractivity contribution in [3.05, 3.63) is 108 Å². The number of hydrogen-bond donors (Lipinski definition) is 0. The van der Waals surface area contributed by atoms with Crippen LogP contribution in [0.3, 0.4) is 0 Å². The Morgan fingerprint density at radius 3 is 2.12 bits per heavy atom. The van der Waals surface area contributed by atoms with Gasteiger partial charge in [-0.1, -0.05) is 60.7 Å². The second kappa shape index (κ2) is 13.1. The maximum absolute atomic E-state index is 6.29. The maximum Gasteiger partial charge on any atom is 0.242 e. The molecule has 0 amide bonds. The molecule has 0 N–H and O–H groups in total. The Morgan fingerprint density at radius 1 is 0.786 bits per heavy atom. The molecule has 6 rings (SSSR count). The van der Waals surface area contributed by atoms with Crippen LogP contribution >= 0.6 is 0 Å². The van der Waals surface area contributed by atoms with Crippen LogP contribution in [0.1, 0.15) is 24.0 Å². The molecular formula is C34H36N4O4. The van der Waals surface area contributed by atoms with Crippen molar-refractivity contribution >= 4 is 16.7 Å². The molecule has 0 bridgehead atoms. The van der Waals surface area contributed by atoms with E-state index < -0.39 is 0 Å². The highest BCUT2D eigenvalue weighted by atomic mass is 16.7. The number of imidazole rings is 1. The third-order valence-electron chi connectivity index (χ3n) is 7.81. The van der Waals surface area contributed by atoms with Crippen molar-refractivity contribution in [1.29, 1.82) is 0 Å². The van der Waals surface area contributed by atoms with Crippen molar-refractivity contribution in [2.75, 3.05) is 32.2 Å². The molecule has 1 saturated heterocycles. The molecule has 8 nitrogen and oxygen atoms in total. The lowest BCUT2D eigenvalue weighted by atomic mass is 9.95. The molecule has 5 aromatic rings. The van der Waals surface area contributed by atoms with E-state index in [0.29, 0.717) is 30.9 Å². The molecule has 0 saturated carbocycles. The molecule has 3 aromatic carbocycles. The zero-order chi connectivity index (χ0) is 28.7. The van der Waals surface area contributed by atoms with E-state index in [1.54, 1.807) is 14.2 Å². The van der Waals surface area contributed by atoms with Crippen LogP contribution in [0, 0.1) is 5.92 Å². The first-order valence-corrected chi connectivity index (χ1v) is 14.3. The zero-order valence-corrected chi connectivity index (χ0v) is 24.1. The van der Waals surface area contributed by atoms with Crippen molar-refractivity contribution in [3.63, 3.8) is 0 Å². The molecule has 1 fully saturated rings. The van der Waals surface area contributed by atoms with Crippen LogP contribution in [0.2, 0.25) is 0 Å². The number of fused-ring (bicyclic) bond motifs is 1. The Labute approximate surface area is 246 Å². The maximum atomic E-state index is 6.29. The predicted molar refractivity (Wildman–Crippen MR) is 163 cm³/mol. The molecule has 216 valence electrons. The highest BCUT2D eigenvalue weighted by Gasteiger charge is 2.27. The largest absolute Gasteiger partial charge is 0.473 e. The lowest BCUT2D eigenvalue weighted by molar-refractivity contribution is -0.141. The molecule has 1 aliphatic rings. The Bertz CT molecular complexity index is 1580. The average Bonchev–Trinajstić information content (AvgIpc) is 3.48. The number of pyridine rings is 1. The fraction of sp³-hybridized carbons (Fsp3) is 0.294. The third kappa shape index (κ3) is 6.25. The average molecular weight is 565 g/mol. The summed E-state index contributed by atoms with van der Waals surface area (Å²) in [4.78, 5) is 11.9. The molecule has 2 aromatic heterocycles. The molecule has 0 atom stereocenters. The van der Waals surface area contributed by atoms with Gasteiger partial charge in [-0.05, 0) is 48.2 Å². The molecule has 8 heteroatoms. The SMILES string of the molecule is COC(OC)C1CCN(c2ccc3c(c2)ncn3-c2ccc(OCc3ccccc3)nc2OCc2ccccc2)CC1. The molecule has 42 heavy (non-hydrogen) atoms. The highest BCUT2D eigenvalue weighted by Crippen LogP contribution is 2.32. The summed E-state index contributed by atoms with van der Waals surface area (Å²) in [7, 11) is 3.42. The minimum absolute atomic E-state index is 0.146. The van der Waals surface area contributed by atoms with Gasteiger partial charge in [0.25, 0.3) is 0 Å². The van der Waals surface area contributed by atoms with Crippen LogP contribution in [-0.2, 0) is 22.7 Å². The lowest BCUT2D eigenvalue weighted by Gasteiger charge is -2.36. The minimum Gasteiger partial charge on any atom is -0.473 e. The number of anilines is 1. The molecule has 3 heterocycles. The van der Waals surface area contributed by atoms with Gasteiger partial charge in [0.1, 0.15) is 25.2 Å². The summed E-state index contributed by atoms with van der Waals surface area (Å²) in [5, 5.41) is 0. The van der Waals surface area contributed by atoms with E-state index in [1.807, 2.05) is 83.7 Å². The van der Waals surface area contributed by atoms with E-state index in [-0.39, 0.29) is 6.29 Å². The third-order valence-corrected chi connectivity index (χ3v) is 7.81. The summed E-state index contributed by atoms with van der Waals surface area (Å²) in [6, 6.07) is 30.4. The standard InChI is InChI=1S/C34H36N4O4/c1-39-34(40-2)27-17-19-37(20-18-27)28-13-14-30-29(21-28)35-24-38(30)31-15-16-32(41-22-25-9-5-3-6-10-25)36-33(31)42-23-26-11-7-4-8-12-26/h3-16,21,24,27,34H,17-20,22-23H2,1-2H3. The normalized spacial score (nSPS) is 14.0. The van der Waals surface area contributed by atoms with Gasteiger partial charge in [0, 0.05) is 45.0 Å². The van der Waals surface area contributed by atoms with Gasteiger partial charge in [0.05, 0.1) is 11.0 Å². The molecule has 1 aliphatic heterocycles. The van der Waals surface area contributed by atoms with Gasteiger partial charge in [-0.3, -0.25) is 4.57 Å². The van der Waals surface area contributed by atoms with E-state index in [0.717, 1.165) is 53.8 Å². The van der Waals surface area contributed by atoms with Crippen LogP contribution < -0.4 is 14.4 Å². The van der Waals surface area contributed by atoms with Gasteiger partial charge in [-0.15, -0.1) is 0 Å². The number of rotatable bonds is 11. The van der Waals surface area contributed by atoms with Crippen molar-refractivity contribution in [3.8, 4) is 17.4 Å². The summed E-state index contributed by atoms with van der Waals surface area (Å²) in [6.45, 7) is 2.72. The first kappa shape index (κ1) is 27.8. The van der Waals surface area contributed by atoms with Crippen LogP contribution in [-0.4, -0.2) is 48.1 Å². The zero-order valence-electron chi connectivity index (χ0n) is 24.1. The Hall–Kier alpha value is -4.40. The summed E-state index contributed by atoms with van der Waals surface area (Å²) < 4.78 is 25.3. The molecule has 0 unspecified atom stereocenters. The van der Waals surface area contributed by atoms with Gasteiger partial charge in [-0.25, -0.2) is 4.98 Å². The quantitative estimate of drug-likeness (QED) is 0.172. The smallest absolute Gasteiger partial charge is 0.242 e. The molecule has 0 radical (unpaired) electrons. The second-order valence-corrected chi connectivity index (χ2v) is 10.5. The van der Waals surface area contributed by atoms with Crippen LogP contribution in [0.15, 0.2) is 97.3 Å². The Morgan fingerprint density at radius 2 is 1.45 bits per heavy atom. The minimum atomic E-state index is -0.146. The van der Waals surface area contributed by atoms with Crippen molar-refractivity contribution in [2.45, 2.75) is 32.3 Å². The fourth-order valence-corrected chi connectivity index (χ4v) is 5.54. The van der Waals surface area contributed by atoms with E-state index in [1.165, 1.54) is 5.69 Å². The van der Waals surface area contributed by atoms with E-state index in [4.69, 9.17) is 28.9 Å². The summed E-state index contributed by atoms with van der Waals surface area (Å²) in [5.74, 6) is 1.39. The number of benzene rings is 3. The van der Waals surface area contributed by atoms with Crippen LogP contribution in [0.4, 0.5) is 5.69 Å². The Balaban J connectivity index is 1.24. The summed E-state index contributed by atoms with van der Waals surface area (Å²) in [6.07, 6.45) is 3.73. The van der Waals surface area contributed by atoms with Crippen molar-refractivity contribution < 1.29 is 18.9 Å². The van der Waals surface area contributed by atoms with E-state index in [2.05, 4.69) is 23.1 Å². The highest BCUT2D eigenvalue weighted by molar-refractivity contribution is 5.82. The first-order valence-electron chi connectivity index (χ1n) is 14.3. The summed E-state index contributed by atoms with van der Waals surface area (Å²) >= 11 is 0. The van der Waals surface area contributed by atoms with Crippen molar-refractivity contribution in [1.82, 2.24) is 14.5 Å². The molecule has 0 spiro atoms. The topological polar surface area (TPSA) is 70.9 Å². The number of aromatic nitrogens is 3. The number of piperidine rings is 1. The Kier molecular flexibility index (Phi) is 8.63. The molecule has 0 aliphatic carbocycles. The number of methoxy groups -OCH3 is 2. The lowest BCUT2D eigenvalue weighted by Crippen LogP contribution is -2.39. The van der Waals surface area contributed by atoms with Gasteiger partial charge in [-0.2, -0.15) is 4.98 Å². The van der Waals surface area contributed by atoms with Crippen LogP contribution in [0.25, 0.3) is 16.7 Å². The van der Waals surface area contributed by atoms with Crippen molar-refractivity contribution in [2.24, 2.45) is 5.92 Å². The first-order chi connectivity index (χ1) is 20.7. The second-order valence-electron chi connectivity index (χ2n) is 10.5. The predicted octanol–water partition coefficient (Wildman–Crippen LogP) is 6.41. The van der Waals surface area contributed by atoms with Gasteiger partial charge >= 0.3 is 0 Å². The van der Waals surface area contributed by atoms with Gasteiger partial charge < -0.3 is 23.8 Å². The number of hydrogen-bond acceptors (Lipinski definition) is 7. The van der Waals surface area contributed by atoms with Gasteiger partial charge in [0.15, 0.2) is 6.29 Å². The monoisotopic (exact) mass is 564 g/mol. The fourth-order valence-electron chi connectivity index (χ4n) is 5.54. The number of nitrogens with zero attached hydrogens (tertiary/aromatic N) is 4. The van der Waals surface area contributed by atoms with E-state index >= 15 is 0 Å². The number of ether oxygens (including phenoxy) is 4. The molecular weight excluding hydrogens is 528 g/mol.